The van der Waals surface area contributed by atoms with Crippen molar-refractivity contribution in [2.24, 2.45) is 5.92 Å². The Hall–Kier alpha value is -2.74. The van der Waals surface area contributed by atoms with Crippen LogP contribution in [0.4, 0.5) is 5.69 Å². The average Bonchev–Trinajstić information content (AvgIpc) is 2.73. The van der Waals surface area contributed by atoms with Crippen molar-refractivity contribution in [3.63, 3.8) is 0 Å². The van der Waals surface area contributed by atoms with Crippen LogP contribution in [0.5, 0.6) is 11.5 Å². The normalized spacial score (nSPS) is 15.0. The summed E-state index contributed by atoms with van der Waals surface area (Å²) in [7, 11) is -2.18. The number of hydrogen-bond acceptors (Lipinski definition) is 5. The number of sulfonamides is 1. The molecule has 1 N–H and O–H groups in total. The topological polar surface area (TPSA) is 84.9 Å². The molecule has 0 unspecified atom stereocenters. The zero-order valence-corrected chi connectivity index (χ0v) is 17.4. The molecule has 1 fully saturated rings. The third kappa shape index (κ3) is 5.63. The molecule has 0 atom stereocenters. The molecule has 7 nitrogen and oxygen atoms in total. The number of likely N-dealkylation sites (tertiary alicyclic amines) is 1. The van der Waals surface area contributed by atoms with Crippen LogP contribution in [0.25, 0.3) is 0 Å². The molecule has 1 aliphatic heterocycles. The summed E-state index contributed by atoms with van der Waals surface area (Å²) < 4.78 is 38.2. The summed E-state index contributed by atoms with van der Waals surface area (Å²) in [6.07, 6.45) is 2.03. The van der Waals surface area contributed by atoms with Gasteiger partial charge in [-0.2, -0.15) is 0 Å². The van der Waals surface area contributed by atoms with Gasteiger partial charge >= 0.3 is 0 Å². The van der Waals surface area contributed by atoms with Gasteiger partial charge in [-0.15, -0.1) is 0 Å². The lowest BCUT2D eigenvalue weighted by molar-refractivity contribution is -0.134. The average molecular weight is 419 g/mol. The van der Waals surface area contributed by atoms with Gasteiger partial charge in [-0.3, -0.25) is 9.52 Å². The second-order valence-corrected chi connectivity index (χ2v) is 8.84. The molecule has 0 saturated carbocycles. The Morgan fingerprint density at radius 3 is 2.21 bits per heavy atom. The number of methoxy groups -OCH3 is 1. The molecule has 0 aliphatic carbocycles. The SMILES string of the molecule is COc1ccc(NS(=O)(=O)c2ccc(OCC(=O)N3CCC(C)CC3)cc2)cc1. The van der Waals surface area contributed by atoms with E-state index in [0.717, 1.165) is 25.9 Å². The van der Waals surface area contributed by atoms with Crippen LogP contribution in [0, 0.1) is 5.92 Å². The molecule has 3 rings (SSSR count). The number of benzene rings is 2. The number of ether oxygens (including phenoxy) is 2. The summed E-state index contributed by atoms with van der Waals surface area (Å²) in [6.45, 7) is 3.66. The van der Waals surface area contributed by atoms with Gasteiger partial charge < -0.3 is 14.4 Å². The summed E-state index contributed by atoms with van der Waals surface area (Å²) in [6, 6.07) is 12.6. The summed E-state index contributed by atoms with van der Waals surface area (Å²) in [5.74, 6) is 1.70. The number of amides is 1. The number of carbonyl (C=O) groups excluding carboxylic acids is 1. The Morgan fingerprint density at radius 1 is 1.03 bits per heavy atom. The predicted octanol–water partition coefficient (Wildman–Crippen LogP) is 3.13. The monoisotopic (exact) mass is 418 g/mol. The number of rotatable bonds is 7. The molecule has 1 amide bonds. The fraction of sp³-hybridized carbons (Fsp3) is 0.381. The molecule has 2 aromatic rings. The van der Waals surface area contributed by atoms with Gasteiger partial charge in [0.15, 0.2) is 6.61 Å². The van der Waals surface area contributed by atoms with Gasteiger partial charge in [0, 0.05) is 18.8 Å². The van der Waals surface area contributed by atoms with E-state index in [0.29, 0.717) is 23.1 Å². The molecule has 2 aromatic carbocycles. The minimum absolute atomic E-state index is 0.0465. The van der Waals surface area contributed by atoms with Crippen molar-refractivity contribution in [1.82, 2.24) is 4.90 Å². The highest BCUT2D eigenvalue weighted by molar-refractivity contribution is 7.92. The lowest BCUT2D eigenvalue weighted by Gasteiger charge is -2.30. The van der Waals surface area contributed by atoms with Crippen molar-refractivity contribution in [2.75, 3.05) is 31.5 Å². The van der Waals surface area contributed by atoms with E-state index >= 15 is 0 Å². The molecular formula is C21H26N2O5S. The van der Waals surface area contributed by atoms with Crippen LogP contribution in [0.2, 0.25) is 0 Å². The molecule has 156 valence electrons. The van der Waals surface area contributed by atoms with E-state index in [2.05, 4.69) is 11.6 Å². The fourth-order valence-corrected chi connectivity index (χ4v) is 4.14. The van der Waals surface area contributed by atoms with Crippen molar-refractivity contribution in [3.05, 3.63) is 48.5 Å². The van der Waals surface area contributed by atoms with Crippen molar-refractivity contribution in [3.8, 4) is 11.5 Å². The zero-order chi connectivity index (χ0) is 20.9. The number of anilines is 1. The predicted molar refractivity (Wildman–Crippen MR) is 111 cm³/mol. The minimum Gasteiger partial charge on any atom is -0.497 e. The maximum absolute atomic E-state index is 12.5. The maximum Gasteiger partial charge on any atom is 0.261 e. The van der Waals surface area contributed by atoms with Crippen molar-refractivity contribution >= 4 is 21.6 Å². The van der Waals surface area contributed by atoms with Crippen LogP contribution in [0.3, 0.4) is 0 Å². The molecule has 29 heavy (non-hydrogen) atoms. The molecule has 8 heteroatoms. The van der Waals surface area contributed by atoms with Crippen LogP contribution in [-0.4, -0.2) is 46.0 Å². The van der Waals surface area contributed by atoms with Crippen LogP contribution in [-0.2, 0) is 14.8 Å². The van der Waals surface area contributed by atoms with Gasteiger partial charge in [0.1, 0.15) is 11.5 Å². The van der Waals surface area contributed by atoms with E-state index in [1.807, 2.05) is 4.90 Å². The standard InChI is InChI=1S/C21H26N2O5S/c1-16-11-13-23(14-12-16)21(24)15-28-19-7-9-20(10-8-19)29(25,26)22-17-3-5-18(27-2)6-4-17/h3-10,16,22H,11-15H2,1-2H3. The van der Waals surface area contributed by atoms with Crippen molar-refractivity contribution in [2.45, 2.75) is 24.7 Å². The van der Waals surface area contributed by atoms with Gasteiger partial charge in [-0.1, -0.05) is 6.92 Å². The number of carbonyl (C=O) groups is 1. The molecule has 0 spiro atoms. The van der Waals surface area contributed by atoms with Gasteiger partial charge in [-0.25, -0.2) is 8.42 Å². The summed E-state index contributed by atoms with van der Waals surface area (Å²) in [5.41, 5.74) is 0.438. The number of hydrogen-bond donors (Lipinski definition) is 1. The lowest BCUT2D eigenvalue weighted by atomic mass is 9.99. The first kappa shape index (κ1) is 21.0. The lowest BCUT2D eigenvalue weighted by Crippen LogP contribution is -2.40. The Labute approximate surface area is 171 Å². The quantitative estimate of drug-likeness (QED) is 0.747. The second kappa shape index (κ2) is 9.17. The van der Waals surface area contributed by atoms with Gasteiger partial charge in [-0.05, 0) is 67.3 Å². The molecular weight excluding hydrogens is 392 g/mol. The van der Waals surface area contributed by atoms with Crippen LogP contribution in [0.1, 0.15) is 19.8 Å². The van der Waals surface area contributed by atoms with E-state index in [-0.39, 0.29) is 17.4 Å². The number of nitrogens with one attached hydrogen (secondary N) is 1. The zero-order valence-electron chi connectivity index (χ0n) is 16.6. The van der Waals surface area contributed by atoms with Gasteiger partial charge in [0.2, 0.25) is 0 Å². The van der Waals surface area contributed by atoms with Crippen LogP contribution in [0.15, 0.2) is 53.4 Å². The van der Waals surface area contributed by atoms with E-state index in [1.54, 1.807) is 43.5 Å². The second-order valence-electron chi connectivity index (χ2n) is 7.16. The molecule has 1 aliphatic rings. The Morgan fingerprint density at radius 2 is 1.62 bits per heavy atom. The van der Waals surface area contributed by atoms with E-state index in [1.165, 1.54) is 12.1 Å². The Kier molecular flexibility index (Phi) is 6.64. The highest BCUT2D eigenvalue weighted by Gasteiger charge is 2.20. The number of piperidine rings is 1. The third-order valence-electron chi connectivity index (χ3n) is 4.97. The van der Waals surface area contributed by atoms with E-state index in [4.69, 9.17) is 9.47 Å². The highest BCUT2D eigenvalue weighted by Crippen LogP contribution is 2.21. The summed E-state index contributed by atoms with van der Waals surface area (Å²) in [4.78, 5) is 14.2. The maximum atomic E-state index is 12.5. The van der Waals surface area contributed by atoms with E-state index < -0.39 is 10.0 Å². The van der Waals surface area contributed by atoms with Crippen molar-refractivity contribution in [1.29, 1.82) is 0 Å². The molecule has 0 aromatic heterocycles. The van der Waals surface area contributed by atoms with E-state index in [9.17, 15) is 13.2 Å². The van der Waals surface area contributed by atoms with Crippen LogP contribution < -0.4 is 14.2 Å². The third-order valence-corrected chi connectivity index (χ3v) is 6.37. The van der Waals surface area contributed by atoms with Crippen LogP contribution >= 0.6 is 0 Å². The minimum atomic E-state index is -3.72. The van der Waals surface area contributed by atoms with Gasteiger partial charge in [0.05, 0.1) is 12.0 Å². The largest absolute Gasteiger partial charge is 0.497 e. The highest BCUT2D eigenvalue weighted by atomic mass is 32.2. The first-order valence-electron chi connectivity index (χ1n) is 9.55. The first-order valence-corrected chi connectivity index (χ1v) is 11.0. The smallest absolute Gasteiger partial charge is 0.261 e. The molecule has 1 heterocycles. The molecule has 0 radical (unpaired) electrons. The molecule has 0 bridgehead atoms. The number of nitrogens with zero attached hydrogens (tertiary/aromatic N) is 1. The summed E-state index contributed by atoms with van der Waals surface area (Å²) >= 11 is 0. The summed E-state index contributed by atoms with van der Waals surface area (Å²) in [5, 5.41) is 0. The Bertz CT molecular complexity index is 919. The first-order chi connectivity index (χ1) is 13.9. The van der Waals surface area contributed by atoms with Gasteiger partial charge in [0.25, 0.3) is 15.9 Å². The Balaban J connectivity index is 1.56. The molecule has 1 saturated heterocycles. The fourth-order valence-electron chi connectivity index (χ4n) is 3.08. The van der Waals surface area contributed by atoms with Crippen molar-refractivity contribution < 1.29 is 22.7 Å².